The number of hydrogen-bond donors (Lipinski definition) is 3. The number of rotatable bonds is 12. The lowest BCUT2D eigenvalue weighted by Gasteiger charge is -2.24. The van der Waals surface area contributed by atoms with Crippen LogP contribution in [0.15, 0.2) is 24.1 Å². The molecule has 0 aliphatic carbocycles. The van der Waals surface area contributed by atoms with Crippen LogP contribution in [-0.2, 0) is 30.6 Å². The van der Waals surface area contributed by atoms with Crippen LogP contribution in [0.2, 0.25) is 0 Å². The Morgan fingerprint density at radius 2 is 1.66 bits per heavy atom. The summed E-state index contributed by atoms with van der Waals surface area (Å²) in [6.45, 7) is 10.3. The second kappa shape index (κ2) is 13.0. The van der Waals surface area contributed by atoms with Crippen molar-refractivity contribution in [3.05, 3.63) is 43.4 Å². The van der Waals surface area contributed by atoms with E-state index in [2.05, 4.69) is 17.2 Å². The molecular weight excluding hydrogens is 593 g/mol. The van der Waals surface area contributed by atoms with Gasteiger partial charge in [-0.2, -0.15) is 0 Å². The summed E-state index contributed by atoms with van der Waals surface area (Å²) in [4.78, 5) is 48.5. The molecule has 13 heteroatoms. The van der Waals surface area contributed by atoms with Crippen LogP contribution in [0.25, 0.3) is 0 Å². The number of carbonyl (C=O) groups excluding carboxylic acids is 3. The summed E-state index contributed by atoms with van der Waals surface area (Å²) in [5.74, 6) is -2.01. The van der Waals surface area contributed by atoms with Gasteiger partial charge in [0.1, 0.15) is 12.1 Å². The van der Waals surface area contributed by atoms with Gasteiger partial charge in [-0.3, -0.25) is 24.5 Å². The minimum absolute atomic E-state index is 0.0436. The van der Waals surface area contributed by atoms with Gasteiger partial charge in [0.15, 0.2) is 0 Å². The van der Waals surface area contributed by atoms with Gasteiger partial charge in [0.05, 0.1) is 14.9 Å². The Labute approximate surface area is 217 Å². The Bertz CT molecular complexity index is 1100. The average molecular weight is 623 g/mol. The van der Waals surface area contributed by atoms with Crippen LogP contribution in [0.4, 0.5) is 5.69 Å². The molecule has 0 aliphatic rings. The van der Waals surface area contributed by atoms with Crippen molar-refractivity contribution in [3.63, 3.8) is 0 Å². The van der Waals surface area contributed by atoms with E-state index < -0.39 is 55.2 Å². The fourth-order valence-electron chi connectivity index (χ4n) is 3.25. The van der Waals surface area contributed by atoms with Crippen LogP contribution >= 0.6 is 22.6 Å². The highest BCUT2D eigenvalue weighted by molar-refractivity contribution is 14.1. The summed E-state index contributed by atoms with van der Waals surface area (Å²) >= 11 is 1.71. The van der Waals surface area contributed by atoms with Crippen molar-refractivity contribution in [2.45, 2.75) is 59.0 Å². The highest BCUT2D eigenvalue weighted by Gasteiger charge is 2.33. The predicted octanol–water partition coefficient (Wildman–Crippen LogP) is 2.59. The number of hydrogen-bond acceptors (Lipinski definition) is 8. The largest absolute Gasteiger partial charge is 0.501 e. The molecule has 0 spiro atoms. The standard InChI is InChI=1S/C22H30IN3O8S/c1-6-35(33,34)22(30)17(8-13(4)5)25-21(29)16(7-12(2)3)24-19(27)11-14-9-15(23)20(28)18(10-14)26(31)32/h6,9-10,12-13,16-17,28H,1,7-8,11H2,2-5H3,(H,24,27)(H,25,29)/t16-,17-/m0/s1. The van der Waals surface area contributed by atoms with Crippen molar-refractivity contribution in [1.82, 2.24) is 10.6 Å². The molecular formula is C22H30IN3O8S. The van der Waals surface area contributed by atoms with E-state index in [0.29, 0.717) is 5.41 Å². The Hall–Kier alpha value is -2.55. The number of halogens is 1. The van der Waals surface area contributed by atoms with Gasteiger partial charge >= 0.3 is 5.69 Å². The molecule has 3 N–H and O–H groups in total. The van der Waals surface area contributed by atoms with Crippen molar-refractivity contribution in [3.8, 4) is 5.75 Å². The average Bonchev–Trinajstić information content (AvgIpc) is 2.73. The molecule has 0 saturated heterocycles. The molecule has 0 aliphatic heterocycles. The van der Waals surface area contributed by atoms with Crippen LogP contribution in [-0.4, -0.2) is 47.5 Å². The van der Waals surface area contributed by atoms with Crippen molar-refractivity contribution < 1.29 is 32.8 Å². The Balaban J connectivity index is 3.12. The third kappa shape index (κ3) is 9.20. The number of amides is 2. The molecule has 11 nitrogen and oxygen atoms in total. The highest BCUT2D eigenvalue weighted by atomic mass is 127. The lowest BCUT2D eigenvalue weighted by Crippen LogP contribution is -2.53. The smallest absolute Gasteiger partial charge is 0.312 e. The third-order valence-corrected chi connectivity index (χ3v) is 6.94. The number of nitrogens with zero attached hydrogens (tertiary/aromatic N) is 1. The Morgan fingerprint density at radius 1 is 1.11 bits per heavy atom. The zero-order valence-electron chi connectivity index (χ0n) is 19.9. The number of sulfone groups is 1. The van der Waals surface area contributed by atoms with Gasteiger partial charge in [-0.15, -0.1) is 0 Å². The second-order valence-corrected chi connectivity index (χ2v) is 11.8. The van der Waals surface area contributed by atoms with Gasteiger partial charge in [0.25, 0.3) is 5.12 Å². The maximum absolute atomic E-state index is 13.0. The van der Waals surface area contributed by atoms with Gasteiger partial charge in [-0.1, -0.05) is 34.3 Å². The first-order chi connectivity index (χ1) is 16.1. The molecule has 0 heterocycles. The van der Waals surface area contributed by atoms with Gasteiger partial charge in [-0.25, -0.2) is 8.42 Å². The number of nitrogens with one attached hydrogen (secondary N) is 2. The molecule has 0 aromatic heterocycles. The zero-order chi connectivity index (χ0) is 27.1. The van der Waals surface area contributed by atoms with E-state index in [-0.39, 0.29) is 40.2 Å². The molecule has 0 saturated carbocycles. The van der Waals surface area contributed by atoms with E-state index >= 15 is 0 Å². The SMILES string of the molecule is C=CS(=O)(=O)C(=O)[C@H](CC(C)C)NC(=O)[C@H](CC(C)C)NC(=O)Cc1cc(I)c(O)c([N+](=O)[O-])c1. The van der Waals surface area contributed by atoms with E-state index in [9.17, 15) is 38.0 Å². The quantitative estimate of drug-likeness (QED) is 0.181. The number of carbonyl (C=O) groups is 3. The number of phenolic OH excluding ortho intramolecular Hbond substituents is 1. The predicted molar refractivity (Wildman–Crippen MR) is 138 cm³/mol. The van der Waals surface area contributed by atoms with Crippen molar-refractivity contribution in [1.29, 1.82) is 0 Å². The Morgan fingerprint density at radius 3 is 2.14 bits per heavy atom. The lowest BCUT2D eigenvalue weighted by molar-refractivity contribution is -0.386. The summed E-state index contributed by atoms with van der Waals surface area (Å²) in [5, 5.41) is 25.3. The molecule has 1 aromatic carbocycles. The fourth-order valence-corrected chi connectivity index (χ4v) is 4.64. The van der Waals surface area contributed by atoms with Gasteiger partial charge in [0.2, 0.25) is 27.4 Å². The molecule has 35 heavy (non-hydrogen) atoms. The number of benzene rings is 1. The van der Waals surface area contributed by atoms with E-state index in [0.717, 1.165) is 6.07 Å². The third-order valence-electron chi connectivity index (χ3n) is 4.83. The Kier molecular flexibility index (Phi) is 11.3. The number of nitro groups is 1. The monoisotopic (exact) mass is 623 g/mol. The number of nitro benzene ring substituents is 1. The van der Waals surface area contributed by atoms with E-state index in [1.54, 1.807) is 36.4 Å². The minimum atomic E-state index is -4.27. The highest BCUT2D eigenvalue weighted by Crippen LogP contribution is 2.32. The van der Waals surface area contributed by atoms with Crippen LogP contribution in [0, 0.1) is 25.5 Å². The normalized spacial score (nSPS) is 13.2. The molecule has 2 atom stereocenters. The van der Waals surface area contributed by atoms with Crippen molar-refractivity contribution in [2.75, 3.05) is 0 Å². The summed E-state index contributed by atoms with van der Waals surface area (Å²) in [7, 11) is -4.27. The lowest BCUT2D eigenvalue weighted by atomic mass is 10.0. The summed E-state index contributed by atoms with van der Waals surface area (Å²) in [5.41, 5.74) is -0.292. The topological polar surface area (TPSA) is 173 Å². The fraction of sp³-hybridized carbons (Fsp3) is 0.500. The van der Waals surface area contributed by atoms with Crippen molar-refractivity contribution in [2.24, 2.45) is 11.8 Å². The number of phenols is 1. The molecule has 0 unspecified atom stereocenters. The van der Waals surface area contributed by atoms with Crippen LogP contribution < -0.4 is 10.6 Å². The number of aromatic hydroxyl groups is 1. The summed E-state index contributed by atoms with van der Waals surface area (Å²) in [6.07, 6.45) is -0.0462. The maximum atomic E-state index is 13.0. The van der Waals surface area contributed by atoms with Crippen molar-refractivity contribution >= 4 is 55.0 Å². The molecule has 1 rings (SSSR count). The molecule has 0 radical (unpaired) electrons. The molecule has 0 fully saturated rings. The first-order valence-corrected chi connectivity index (χ1v) is 13.4. The van der Waals surface area contributed by atoms with Crippen LogP contribution in [0.3, 0.4) is 0 Å². The van der Waals surface area contributed by atoms with Gasteiger partial charge in [-0.05, 0) is 58.9 Å². The minimum Gasteiger partial charge on any atom is -0.501 e. The van der Waals surface area contributed by atoms with E-state index in [1.807, 2.05) is 13.8 Å². The molecule has 0 bridgehead atoms. The summed E-state index contributed by atoms with van der Waals surface area (Å²) < 4.78 is 24.2. The maximum Gasteiger partial charge on any atom is 0.312 e. The molecule has 1 aromatic rings. The zero-order valence-corrected chi connectivity index (χ0v) is 22.9. The molecule has 194 valence electrons. The van der Waals surface area contributed by atoms with Gasteiger partial charge < -0.3 is 15.7 Å². The summed E-state index contributed by atoms with van der Waals surface area (Å²) in [6, 6.07) is 0.0877. The molecule has 2 amide bonds. The second-order valence-electron chi connectivity index (χ2n) is 8.85. The van der Waals surface area contributed by atoms with E-state index in [4.69, 9.17) is 0 Å². The van der Waals surface area contributed by atoms with Gasteiger partial charge in [0, 0.05) is 11.5 Å². The van der Waals surface area contributed by atoms with E-state index in [1.165, 1.54) is 6.07 Å². The first kappa shape index (κ1) is 30.5. The van der Waals surface area contributed by atoms with Crippen LogP contribution in [0.5, 0.6) is 5.75 Å². The first-order valence-electron chi connectivity index (χ1n) is 10.8. The van der Waals surface area contributed by atoms with Crippen LogP contribution in [0.1, 0.15) is 46.1 Å².